The van der Waals surface area contributed by atoms with Crippen LogP contribution in [0.5, 0.6) is 5.75 Å². The fourth-order valence-electron chi connectivity index (χ4n) is 1.97. The quantitative estimate of drug-likeness (QED) is 0.831. The standard InChI is InChI=1S/C16H17ClN2O3/c1-22-14-6-3-12(4-7-14)16(21)18-9-2-10-19-11-13(17)5-8-15(19)20/h3-8,11H,2,9-10H2,1H3,(H,18,21). The summed E-state index contributed by atoms with van der Waals surface area (Å²) in [4.78, 5) is 23.5. The number of nitrogens with one attached hydrogen (secondary N) is 1. The van der Waals surface area contributed by atoms with E-state index in [1.165, 1.54) is 10.6 Å². The van der Waals surface area contributed by atoms with Crippen molar-refractivity contribution < 1.29 is 9.53 Å². The van der Waals surface area contributed by atoms with Gasteiger partial charge < -0.3 is 14.6 Å². The molecule has 6 heteroatoms. The Kier molecular flexibility index (Phi) is 5.61. The van der Waals surface area contributed by atoms with Crippen molar-refractivity contribution in [3.05, 3.63) is 63.5 Å². The third kappa shape index (κ3) is 4.36. The van der Waals surface area contributed by atoms with Gasteiger partial charge in [0.25, 0.3) is 11.5 Å². The topological polar surface area (TPSA) is 60.3 Å². The van der Waals surface area contributed by atoms with Gasteiger partial charge >= 0.3 is 0 Å². The molecule has 0 aliphatic carbocycles. The lowest BCUT2D eigenvalue weighted by Crippen LogP contribution is -2.26. The van der Waals surface area contributed by atoms with Gasteiger partial charge in [0.2, 0.25) is 0 Å². The van der Waals surface area contributed by atoms with Crippen LogP contribution in [0.1, 0.15) is 16.8 Å². The lowest BCUT2D eigenvalue weighted by atomic mass is 10.2. The van der Waals surface area contributed by atoms with Crippen molar-refractivity contribution in [2.75, 3.05) is 13.7 Å². The van der Waals surface area contributed by atoms with Gasteiger partial charge in [0.05, 0.1) is 12.1 Å². The number of aryl methyl sites for hydroxylation is 1. The maximum absolute atomic E-state index is 11.9. The normalized spacial score (nSPS) is 10.3. The fraction of sp³-hybridized carbons (Fsp3) is 0.250. The third-order valence-corrected chi connectivity index (χ3v) is 3.38. The van der Waals surface area contributed by atoms with Gasteiger partial charge in [0.15, 0.2) is 0 Å². The second-order valence-corrected chi connectivity index (χ2v) is 5.15. The smallest absolute Gasteiger partial charge is 0.251 e. The average molecular weight is 321 g/mol. The van der Waals surface area contributed by atoms with E-state index in [0.717, 1.165) is 0 Å². The number of nitrogens with zero attached hydrogens (tertiary/aromatic N) is 1. The molecular formula is C16H17ClN2O3. The molecule has 2 rings (SSSR count). The molecule has 0 saturated carbocycles. The van der Waals surface area contributed by atoms with E-state index in [2.05, 4.69) is 5.32 Å². The predicted octanol–water partition coefficient (Wildman–Crippen LogP) is 2.33. The number of benzene rings is 1. The number of rotatable bonds is 6. The first kappa shape index (κ1) is 16.1. The number of carbonyl (C=O) groups excluding carboxylic acids is 1. The zero-order chi connectivity index (χ0) is 15.9. The number of ether oxygens (including phenoxy) is 1. The third-order valence-electron chi connectivity index (χ3n) is 3.16. The summed E-state index contributed by atoms with van der Waals surface area (Å²) >= 11 is 5.85. The predicted molar refractivity (Wildman–Crippen MR) is 85.7 cm³/mol. The summed E-state index contributed by atoms with van der Waals surface area (Å²) in [5, 5.41) is 3.33. The van der Waals surface area contributed by atoms with Gasteiger partial charge in [-0.15, -0.1) is 0 Å². The van der Waals surface area contributed by atoms with Crippen molar-refractivity contribution in [2.24, 2.45) is 0 Å². The largest absolute Gasteiger partial charge is 0.497 e. The van der Waals surface area contributed by atoms with Gasteiger partial charge in [-0.05, 0) is 36.8 Å². The molecule has 0 spiro atoms. The SMILES string of the molecule is COc1ccc(C(=O)NCCCn2cc(Cl)ccc2=O)cc1. The Balaban J connectivity index is 1.81. The van der Waals surface area contributed by atoms with Crippen molar-refractivity contribution in [1.82, 2.24) is 9.88 Å². The first-order valence-corrected chi connectivity index (χ1v) is 7.26. The van der Waals surface area contributed by atoms with Crippen LogP contribution in [0.4, 0.5) is 0 Å². The number of aromatic nitrogens is 1. The van der Waals surface area contributed by atoms with E-state index >= 15 is 0 Å². The van der Waals surface area contributed by atoms with Crippen LogP contribution in [0.15, 0.2) is 47.4 Å². The number of methoxy groups -OCH3 is 1. The Hall–Kier alpha value is -2.27. The first-order valence-electron chi connectivity index (χ1n) is 6.88. The summed E-state index contributed by atoms with van der Waals surface area (Å²) in [6.45, 7) is 0.978. The molecule has 0 bridgehead atoms. The highest BCUT2D eigenvalue weighted by Gasteiger charge is 2.05. The summed E-state index contributed by atoms with van der Waals surface area (Å²) < 4.78 is 6.57. The number of pyridine rings is 1. The van der Waals surface area contributed by atoms with E-state index in [0.29, 0.717) is 35.8 Å². The van der Waals surface area contributed by atoms with Crippen LogP contribution in [0.2, 0.25) is 5.02 Å². The molecule has 0 fully saturated rings. The maximum atomic E-state index is 11.9. The number of hydrogen-bond donors (Lipinski definition) is 1. The van der Waals surface area contributed by atoms with Crippen LogP contribution in [0, 0.1) is 0 Å². The van der Waals surface area contributed by atoms with E-state index in [9.17, 15) is 9.59 Å². The van der Waals surface area contributed by atoms with Gasteiger partial charge in [-0.1, -0.05) is 11.6 Å². The lowest BCUT2D eigenvalue weighted by Gasteiger charge is -2.08. The molecule has 22 heavy (non-hydrogen) atoms. The van der Waals surface area contributed by atoms with E-state index in [-0.39, 0.29) is 11.5 Å². The molecule has 0 aliphatic heterocycles. The molecule has 1 N–H and O–H groups in total. The maximum Gasteiger partial charge on any atom is 0.251 e. The van der Waals surface area contributed by atoms with Crippen molar-refractivity contribution in [3.63, 3.8) is 0 Å². The summed E-state index contributed by atoms with van der Waals surface area (Å²) in [6.07, 6.45) is 2.23. The molecule has 5 nitrogen and oxygen atoms in total. The van der Waals surface area contributed by atoms with Gasteiger partial charge in [-0.3, -0.25) is 9.59 Å². The summed E-state index contributed by atoms with van der Waals surface area (Å²) in [6, 6.07) is 9.87. The van der Waals surface area contributed by atoms with E-state index in [1.807, 2.05) is 0 Å². The van der Waals surface area contributed by atoms with Gasteiger partial charge in [0, 0.05) is 30.9 Å². The minimum absolute atomic E-state index is 0.106. The van der Waals surface area contributed by atoms with Crippen LogP contribution in [0.3, 0.4) is 0 Å². The van der Waals surface area contributed by atoms with Crippen molar-refractivity contribution in [3.8, 4) is 5.75 Å². The Bertz CT molecular complexity index is 695. The number of carbonyl (C=O) groups is 1. The zero-order valence-corrected chi connectivity index (χ0v) is 13.0. The number of hydrogen-bond acceptors (Lipinski definition) is 3. The summed E-state index contributed by atoms with van der Waals surface area (Å²) in [5.41, 5.74) is 0.464. The van der Waals surface area contributed by atoms with Gasteiger partial charge in [-0.25, -0.2) is 0 Å². The van der Waals surface area contributed by atoms with Crippen LogP contribution in [0.25, 0.3) is 0 Å². The molecule has 1 aromatic carbocycles. The number of amides is 1. The summed E-state index contributed by atoms with van der Waals surface area (Å²) in [7, 11) is 1.58. The van der Waals surface area contributed by atoms with Crippen LogP contribution < -0.4 is 15.6 Å². The van der Waals surface area contributed by atoms with E-state index in [4.69, 9.17) is 16.3 Å². The van der Waals surface area contributed by atoms with Crippen molar-refractivity contribution >= 4 is 17.5 Å². The average Bonchev–Trinajstić information content (AvgIpc) is 2.54. The van der Waals surface area contributed by atoms with Crippen LogP contribution in [-0.4, -0.2) is 24.1 Å². The first-order chi connectivity index (χ1) is 10.6. The minimum Gasteiger partial charge on any atom is -0.497 e. The molecule has 1 aromatic heterocycles. The lowest BCUT2D eigenvalue weighted by molar-refractivity contribution is 0.0952. The van der Waals surface area contributed by atoms with E-state index < -0.39 is 0 Å². The molecule has 0 unspecified atom stereocenters. The Morgan fingerprint density at radius 1 is 1.23 bits per heavy atom. The Labute approximate surface area is 133 Å². The van der Waals surface area contributed by atoms with Gasteiger partial charge in [0.1, 0.15) is 5.75 Å². The van der Waals surface area contributed by atoms with Crippen LogP contribution in [-0.2, 0) is 6.54 Å². The minimum atomic E-state index is -0.152. The fourth-order valence-corrected chi connectivity index (χ4v) is 2.15. The Morgan fingerprint density at radius 3 is 2.64 bits per heavy atom. The zero-order valence-electron chi connectivity index (χ0n) is 12.2. The second-order valence-electron chi connectivity index (χ2n) is 4.72. The highest BCUT2D eigenvalue weighted by atomic mass is 35.5. The highest BCUT2D eigenvalue weighted by Crippen LogP contribution is 2.11. The van der Waals surface area contributed by atoms with Crippen molar-refractivity contribution in [2.45, 2.75) is 13.0 Å². The molecule has 0 saturated heterocycles. The molecule has 116 valence electrons. The molecule has 2 aromatic rings. The molecule has 0 aliphatic rings. The Morgan fingerprint density at radius 2 is 1.95 bits per heavy atom. The summed E-state index contributed by atoms with van der Waals surface area (Å²) in [5.74, 6) is 0.554. The van der Waals surface area contributed by atoms with Gasteiger partial charge in [-0.2, -0.15) is 0 Å². The molecule has 1 heterocycles. The molecule has 0 atom stereocenters. The van der Waals surface area contributed by atoms with Crippen LogP contribution >= 0.6 is 11.6 Å². The number of halogens is 1. The monoisotopic (exact) mass is 320 g/mol. The highest BCUT2D eigenvalue weighted by molar-refractivity contribution is 6.30. The second kappa shape index (κ2) is 7.66. The molecule has 1 amide bonds. The van der Waals surface area contributed by atoms with Crippen molar-refractivity contribution in [1.29, 1.82) is 0 Å². The molecule has 0 radical (unpaired) electrons. The molecular weight excluding hydrogens is 304 g/mol. The van der Waals surface area contributed by atoms with E-state index in [1.54, 1.807) is 43.6 Å².